The zero-order valence-electron chi connectivity index (χ0n) is 26.9. The molecule has 3 aliphatic rings. The third kappa shape index (κ3) is 6.86. The maximum Gasteiger partial charge on any atom is 0.229 e. The summed E-state index contributed by atoms with van der Waals surface area (Å²) < 4.78 is 17.2. The lowest BCUT2D eigenvalue weighted by molar-refractivity contribution is -0.277. The van der Waals surface area contributed by atoms with Crippen LogP contribution in [0.3, 0.4) is 0 Å². The molecule has 3 aliphatic heterocycles. The van der Waals surface area contributed by atoms with E-state index in [-0.39, 0.29) is 33.8 Å². The van der Waals surface area contributed by atoms with Crippen LogP contribution in [0.2, 0.25) is 0 Å². The van der Waals surface area contributed by atoms with Crippen LogP contribution in [-0.2, 0) is 17.8 Å². The summed E-state index contributed by atoms with van der Waals surface area (Å²) in [5.74, 6) is 0.941. The highest BCUT2D eigenvalue weighted by molar-refractivity contribution is 5.92. The predicted molar refractivity (Wildman–Crippen MR) is 173 cm³/mol. The standard InChI is InChI=1S/C35H46N2O10/c1-19-5-3-11-36(13-19)15-23-28(39)24(16-37-12-4-6-20(2)14-37)34-27(29(23)40)30(41)25(18-45-34)21-7-9-22(10-8-21)46-35-33(44)32(43)31(42)26(17-38)47-35/h7-10,18-20,26,31-33,35,38-40,42-44H,3-6,11-17H2,1-2H3/t19?,20?,26-,31-,32+,33-,35-/m1/s1. The molecule has 0 aliphatic carbocycles. The summed E-state index contributed by atoms with van der Waals surface area (Å²) in [5.41, 5.74) is 1.25. The van der Waals surface area contributed by atoms with E-state index in [4.69, 9.17) is 13.9 Å². The average Bonchev–Trinajstić information content (AvgIpc) is 3.05. The molecule has 47 heavy (non-hydrogen) atoms. The minimum atomic E-state index is -1.58. The molecule has 0 bridgehead atoms. The molecule has 6 N–H and O–H groups in total. The lowest BCUT2D eigenvalue weighted by atomic mass is 9.95. The number of hydrogen-bond donors (Lipinski definition) is 6. The summed E-state index contributed by atoms with van der Waals surface area (Å²) in [7, 11) is 0. The normalized spacial score (nSPS) is 29.3. The van der Waals surface area contributed by atoms with Crippen LogP contribution in [0.5, 0.6) is 17.2 Å². The average molecular weight is 655 g/mol. The highest BCUT2D eigenvalue weighted by Crippen LogP contribution is 2.41. The fourth-order valence-electron chi connectivity index (χ4n) is 7.27. The van der Waals surface area contributed by atoms with Crippen LogP contribution in [0.25, 0.3) is 22.1 Å². The molecule has 7 atom stereocenters. The Morgan fingerprint density at radius 1 is 0.851 bits per heavy atom. The molecule has 6 rings (SSSR count). The zero-order chi connectivity index (χ0) is 33.4. The SMILES string of the molecule is CC1CCCN(Cc2c(O)c(CN3CCCC(C)C3)c3occ(-c4ccc(O[C@@H]5O[C@H](CO)[C@@H](O)[C@H](O)[C@H]5O)cc4)c(=O)c3c2O)C1. The van der Waals surface area contributed by atoms with Crippen molar-refractivity contribution in [1.82, 2.24) is 9.80 Å². The lowest BCUT2D eigenvalue weighted by Gasteiger charge is -2.39. The number of piperidine rings is 2. The summed E-state index contributed by atoms with van der Waals surface area (Å²) in [6, 6.07) is 6.31. The van der Waals surface area contributed by atoms with Crippen molar-refractivity contribution < 1.29 is 44.5 Å². The number of aliphatic hydroxyl groups excluding tert-OH is 4. The number of aromatic hydroxyl groups is 2. The summed E-state index contributed by atoms with van der Waals surface area (Å²) in [5, 5.41) is 63.2. The number of benzene rings is 2. The van der Waals surface area contributed by atoms with Crippen molar-refractivity contribution in [3.63, 3.8) is 0 Å². The van der Waals surface area contributed by atoms with E-state index in [9.17, 15) is 35.4 Å². The first-order chi connectivity index (χ1) is 22.5. The van der Waals surface area contributed by atoms with Crippen molar-refractivity contribution in [2.75, 3.05) is 32.8 Å². The maximum absolute atomic E-state index is 14.1. The molecule has 4 heterocycles. The minimum absolute atomic E-state index is 0.0297. The molecule has 12 nitrogen and oxygen atoms in total. The van der Waals surface area contributed by atoms with Crippen molar-refractivity contribution in [2.24, 2.45) is 11.8 Å². The van der Waals surface area contributed by atoms with E-state index in [1.165, 1.54) is 6.26 Å². The van der Waals surface area contributed by atoms with Gasteiger partial charge in [-0.05, 0) is 68.3 Å². The van der Waals surface area contributed by atoms with Gasteiger partial charge < -0.3 is 44.5 Å². The maximum atomic E-state index is 14.1. The summed E-state index contributed by atoms with van der Waals surface area (Å²) in [6.45, 7) is 7.93. The van der Waals surface area contributed by atoms with E-state index < -0.39 is 42.7 Å². The predicted octanol–water partition coefficient (Wildman–Crippen LogP) is 2.51. The highest BCUT2D eigenvalue weighted by Gasteiger charge is 2.44. The Balaban J connectivity index is 1.34. The molecule has 0 radical (unpaired) electrons. The van der Waals surface area contributed by atoms with Gasteiger partial charge in [0.25, 0.3) is 0 Å². The molecular weight excluding hydrogens is 608 g/mol. The number of phenolic OH excluding ortho intramolecular Hbond substituents is 2. The second-order valence-electron chi connectivity index (χ2n) is 13.6. The number of hydrogen-bond acceptors (Lipinski definition) is 12. The van der Waals surface area contributed by atoms with Gasteiger partial charge in [0.05, 0.1) is 23.3 Å². The van der Waals surface area contributed by atoms with Crippen molar-refractivity contribution >= 4 is 11.0 Å². The lowest BCUT2D eigenvalue weighted by Crippen LogP contribution is -2.60. The summed E-state index contributed by atoms with van der Waals surface area (Å²) in [6.07, 6.45) is -1.44. The fourth-order valence-corrected chi connectivity index (χ4v) is 7.27. The second kappa shape index (κ2) is 14.1. The molecule has 0 amide bonds. The third-order valence-corrected chi connectivity index (χ3v) is 9.87. The van der Waals surface area contributed by atoms with Crippen molar-refractivity contribution in [2.45, 2.75) is 83.3 Å². The first-order valence-electron chi connectivity index (χ1n) is 16.6. The third-order valence-electron chi connectivity index (χ3n) is 9.87. The largest absolute Gasteiger partial charge is 0.507 e. The molecule has 0 saturated carbocycles. The van der Waals surface area contributed by atoms with Gasteiger partial charge in [0, 0.05) is 26.2 Å². The van der Waals surface area contributed by atoms with Crippen LogP contribution < -0.4 is 10.2 Å². The van der Waals surface area contributed by atoms with E-state index in [1.807, 2.05) is 0 Å². The summed E-state index contributed by atoms with van der Waals surface area (Å²) in [4.78, 5) is 18.6. The molecular formula is C35H46N2O10. The van der Waals surface area contributed by atoms with Crippen LogP contribution in [0.4, 0.5) is 0 Å². The molecule has 12 heteroatoms. The topological polar surface area (TPSA) is 177 Å². The van der Waals surface area contributed by atoms with Gasteiger partial charge in [-0.1, -0.05) is 26.0 Å². The number of ether oxygens (including phenoxy) is 2. The van der Waals surface area contributed by atoms with Gasteiger partial charge in [0.15, 0.2) is 0 Å². The van der Waals surface area contributed by atoms with E-state index in [2.05, 4.69) is 23.6 Å². The van der Waals surface area contributed by atoms with Crippen molar-refractivity contribution in [3.8, 4) is 28.4 Å². The molecule has 256 valence electrons. The monoisotopic (exact) mass is 654 g/mol. The Morgan fingerprint density at radius 3 is 2.06 bits per heavy atom. The highest BCUT2D eigenvalue weighted by atomic mass is 16.7. The van der Waals surface area contributed by atoms with Crippen LogP contribution in [0.15, 0.2) is 39.7 Å². The van der Waals surface area contributed by atoms with E-state index in [1.54, 1.807) is 24.3 Å². The smallest absolute Gasteiger partial charge is 0.229 e. The van der Waals surface area contributed by atoms with Crippen LogP contribution >= 0.6 is 0 Å². The molecule has 3 aromatic rings. The second-order valence-corrected chi connectivity index (χ2v) is 13.6. The summed E-state index contributed by atoms with van der Waals surface area (Å²) >= 11 is 0. The zero-order valence-corrected chi connectivity index (χ0v) is 26.9. The van der Waals surface area contributed by atoms with Gasteiger partial charge >= 0.3 is 0 Å². The Bertz CT molecular complexity index is 1610. The number of likely N-dealkylation sites (tertiary alicyclic amines) is 2. The van der Waals surface area contributed by atoms with Crippen molar-refractivity contribution in [3.05, 3.63) is 51.9 Å². The molecule has 1 aromatic heterocycles. The Kier molecular flexibility index (Phi) is 10.1. The van der Waals surface area contributed by atoms with Crippen LogP contribution in [-0.4, -0.2) is 104 Å². The number of fused-ring (bicyclic) bond motifs is 1. The van der Waals surface area contributed by atoms with Crippen LogP contribution in [0, 0.1) is 11.8 Å². The van der Waals surface area contributed by atoms with Crippen molar-refractivity contribution in [1.29, 1.82) is 0 Å². The van der Waals surface area contributed by atoms with Gasteiger partial charge in [-0.15, -0.1) is 0 Å². The minimum Gasteiger partial charge on any atom is -0.507 e. The first kappa shape index (κ1) is 33.7. The molecule has 2 unspecified atom stereocenters. The van der Waals surface area contributed by atoms with Gasteiger partial charge in [0.1, 0.15) is 58.9 Å². The number of aliphatic hydroxyl groups is 4. The molecule has 3 fully saturated rings. The molecule has 0 spiro atoms. The van der Waals surface area contributed by atoms with E-state index in [0.29, 0.717) is 41.6 Å². The molecule has 2 aromatic carbocycles. The fraction of sp³-hybridized carbons (Fsp3) is 0.571. The quantitative estimate of drug-likeness (QED) is 0.210. The Morgan fingerprint density at radius 2 is 1.47 bits per heavy atom. The first-order valence-corrected chi connectivity index (χ1v) is 16.6. The van der Waals surface area contributed by atoms with E-state index >= 15 is 0 Å². The van der Waals surface area contributed by atoms with Crippen LogP contribution in [0.1, 0.15) is 50.7 Å². The van der Waals surface area contributed by atoms with Gasteiger partial charge in [0.2, 0.25) is 11.7 Å². The van der Waals surface area contributed by atoms with E-state index in [0.717, 1.165) is 51.9 Å². The van der Waals surface area contributed by atoms with Gasteiger partial charge in [-0.3, -0.25) is 14.6 Å². The molecule has 3 saturated heterocycles. The van der Waals surface area contributed by atoms with Gasteiger partial charge in [-0.2, -0.15) is 0 Å². The Labute approximate surface area is 273 Å². The number of rotatable bonds is 8. The number of nitrogens with zero attached hydrogens (tertiary/aromatic N) is 2. The van der Waals surface area contributed by atoms with Gasteiger partial charge in [-0.25, -0.2) is 0 Å². The Hall–Kier alpha value is -3.23. The number of phenols is 2.